The summed E-state index contributed by atoms with van der Waals surface area (Å²) in [7, 11) is 1.81. The van der Waals surface area contributed by atoms with E-state index in [2.05, 4.69) is 51.0 Å². The molecule has 0 saturated carbocycles. The second kappa shape index (κ2) is 8.70. The van der Waals surface area contributed by atoms with E-state index < -0.39 is 5.91 Å². The van der Waals surface area contributed by atoms with Crippen LogP contribution >= 0.6 is 11.8 Å². The molecular weight excluding hydrogens is 424 g/mol. The number of rotatable bonds is 7. The van der Waals surface area contributed by atoms with Crippen molar-refractivity contribution in [1.29, 1.82) is 0 Å². The van der Waals surface area contributed by atoms with Crippen LogP contribution in [0.25, 0.3) is 5.82 Å². The molecule has 0 spiro atoms. The van der Waals surface area contributed by atoms with Gasteiger partial charge in [-0.1, -0.05) is 23.0 Å². The summed E-state index contributed by atoms with van der Waals surface area (Å²) in [5, 5.41) is 27.8. The van der Waals surface area contributed by atoms with Crippen LogP contribution in [0.15, 0.2) is 45.6 Å². The molecule has 14 nitrogen and oxygen atoms in total. The Morgan fingerprint density at radius 3 is 2.87 bits per heavy atom. The molecule has 0 aliphatic carbocycles. The molecule has 0 radical (unpaired) electrons. The summed E-state index contributed by atoms with van der Waals surface area (Å²) in [6, 6.07) is 5.40. The zero-order valence-corrected chi connectivity index (χ0v) is 17.2. The minimum absolute atomic E-state index is 0.00536. The number of anilines is 1. The predicted octanol–water partition coefficient (Wildman–Crippen LogP) is 0.202. The second-order valence-corrected chi connectivity index (χ2v) is 7.08. The van der Waals surface area contributed by atoms with Gasteiger partial charge >= 0.3 is 0 Å². The first-order valence-corrected chi connectivity index (χ1v) is 9.79. The Balaban J connectivity index is 1.62. The van der Waals surface area contributed by atoms with Crippen LogP contribution < -0.4 is 11.2 Å². The van der Waals surface area contributed by atoms with Crippen molar-refractivity contribution in [2.24, 2.45) is 12.1 Å². The monoisotopic (exact) mass is 440 g/mol. The number of hydrazone groups is 1. The highest BCUT2D eigenvalue weighted by molar-refractivity contribution is 7.98. The summed E-state index contributed by atoms with van der Waals surface area (Å²) in [4.78, 5) is 17.0. The molecule has 0 aromatic carbocycles. The fourth-order valence-electron chi connectivity index (χ4n) is 2.47. The number of amides is 1. The molecule has 158 valence electrons. The molecule has 15 heteroatoms. The number of carbonyl (C=O) groups is 1. The Bertz CT molecular complexity index is 1230. The summed E-state index contributed by atoms with van der Waals surface area (Å²) in [6.07, 6.45) is 3.21. The van der Waals surface area contributed by atoms with Crippen LogP contribution in [-0.2, 0) is 12.8 Å². The Hall–Kier alpha value is -4.14. The Labute approximate surface area is 178 Å². The number of nitrogen functional groups attached to an aromatic ring is 1. The van der Waals surface area contributed by atoms with Crippen molar-refractivity contribution in [3.63, 3.8) is 0 Å². The van der Waals surface area contributed by atoms with E-state index in [0.717, 1.165) is 0 Å². The molecule has 0 unspecified atom stereocenters. The van der Waals surface area contributed by atoms with Crippen molar-refractivity contribution < 1.29 is 9.42 Å². The first-order chi connectivity index (χ1) is 15.0. The van der Waals surface area contributed by atoms with Crippen molar-refractivity contribution in [3.8, 4) is 5.82 Å². The maximum Gasteiger partial charge on any atom is 0.293 e. The second-order valence-electron chi connectivity index (χ2n) is 6.14. The number of pyridine rings is 1. The van der Waals surface area contributed by atoms with E-state index in [0.29, 0.717) is 22.3 Å². The molecule has 0 saturated heterocycles. The predicted molar refractivity (Wildman–Crippen MR) is 108 cm³/mol. The molecule has 3 N–H and O–H groups in total. The van der Waals surface area contributed by atoms with Crippen molar-refractivity contribution in [1.82, 2.24) is 50.5 Å². The highest BCUT2D eigenvalue weighted by Crippen LogP contribution is 2.24. The number of aromatic nitrogens is 9. The summed E-state index contributed by atoms with van der Waals surface area (Å²) < 4.78 is 7.68. The average Bonchev–Trinajstić information content (AvgIpc) is 3.50. The number of nitrogens with two attached hydrogens (primary N) is 1. The van der Waals surface area contributed by atoms with Gasteiger partial charge in [-0.25, -0.2) is 10.1 Å². The number of carbonyl (C=O) groups excluding carboxylic acids is 1. The summed E-state index contributed by atoms with van der Waals surface area (Å²) in [5.74, 6) is -0.179. The molecule has 4 rings (SSSR count). The van der Waals surface area contributed by atoms with Crippen molar-refractivity contribution in [3.05, 3.63) is 47.8 Å². The molecule has 0 aliphatic rings. The van der Waals surface area contributed by atoms with Gasteiger partial charge in [-0.3, -0.25) is 9.78 Å². The highest BCUT2D eigenvalue weighted by Gasteiger charge is 2.24. The first-order valence-electron chi connectivity index (χ1n) is 8.80. The maximum absolute atomic E-state index is 12.8. The Morgan fingerprint density at radius 1 is 1.32 bits per heavy atom. The number of nitrogens with one attached hydrogen (secondary N) is 1. The molecule has 0 atom stereocenters. The lowest BCUT2D eigenvalue weighted by Crippen LogP contribution is -2.21. The van der Waals surface area contributed by atoms with Gasteiger partial charge in [0.05, 0.1) is 17.1 Å². The van der Waals surface area contributed by atoms with E-state index in [1.54, 1.807) is 43.2 Å². The number of hydrogen-bond acceptors (Lipinski definition) is 12. The van der Waals surface area contributed by atoms with Crippen LogP contribution in [-0.4, -0.2) is 56.7 Å². The van der Waals surface area contributed by atoms with Crippen LogP contribution in [0, 0.1) is 0 Å². The molecule has 4 heterocycles. The van der Waals surface area contributed by atoms with Crippen LogP contribution in [0.2, 0.25) is 0 Å². The Kier molecular flexibility index (Phi) is 5.65. The lowest BCUT2D eigenvalue weighted by molar-refractivity contribution is 0.0949. The molecular formula is C16H16N12O2S. The number of thioether (sulfide) groups is 1. The standard InChI is InChI=1S/C16H16N12O2S/c1-9(10-5-3-4-6-18-10)20-22-15(29)12-11(7-31-16-23-19-8-27(16)2)28(26-21-12)14-13(17)24-30-25-14/h3-6,8H,7H2,1-2H3,(H2,17,24)(H,22,29)/b20-9-. The summed E-state index contributed by atoms with van der Waals surface area (Å²) in [5.41, 5.74) is 9.86. The number of hydrogen-bond donors (Lipinski definition) is 2. The zero-order valence-electron chi connectivity index (χ0n) is 16.4. The van der Waals surface area contributed by atoms with Gasteiger partial charge in [0, 0.05) is 19.0 Å². The molecule has 0 aliphatic heterocycles. The minimum atomic E-state index is -0.565. The van der Waals surface area contributed by atoms with E-state index in [4.69, 9.17) is 5.73 Å². The average molecular weight is 440 g/mol. The van der Waals surface area contributed by atoms with Crippen molar-refractivity contribution >= 4 is 29.2 Å². The van der Waals surface area contributed by atoms with Crippen LogP contribution in [0.1, 0.15) is 28.8 Å². The van der Waals surface area contributed by atoms with E-state index >= 15 is 0 Å². The van der Waals surface area contributed by atoms with Crippen molar-refractivity contribution in [2.45, 2.75) is 17.8 Å². The summed E-state index contributed by atoms with van der Waals surface area (Å²) >= 11 is 1.32. The van der Waals surface area contributed by atoms with Crippen LogP contribution in [0.5, 0.6) is 0 Å². The largest absolute Gasteiger partial charge is 0.378 e. The van der Waals surface area contributed by atoms with E-state index in [-0.39, 0.29) is 23.1 Å². The third kappa shape index (κ3) is 4.25. The third-order valence-electron chi connectivity index (χ3n) is 4.04. The summed E-state index contributed by atoms with van der Waals surface area (Å²) in [6.45, 7) is 1.73. The number of nitrogens with zero attached hydrogens (tertiary/aromatic N) is 10. The third-order valence-corrected chi connectivity index (χ3v) is 5.09. The quantitative estimate of drug-likeness (QED) is 0.227. The van der Waals surface area contributed by atoms with Crippen molar-refractivity contribution in [2.75, 3.05) is 5.73 Å². The van der Waals surface area contributed by atoms with Gasteiger partial charge in [0.2, 0.25) is 11.6 Å². The first kappa shape index (κ1) is 20.1. The van der Waals surface area contributed by atoms with Gasteiger partial charge in [0.25, 0.3) is 5.91 Å². The fraction of sp³-hybridized carbons (Fsp3) is 0.188. The highest BCUT2D eigenvalue weighted by atomic mass is 32.2. The maximum atomic E-state index is 12.8. The minimum Gasteiger partial charge on any atom is -0.378 e. The molecule has 0 bridgehead atoms. The SMILES string of the molecule is C/C(=N/NC(=O)c1nnn(-c2nonc2N)c1CSc1nncn1C)c1ccccn1. The lowest BCUT2D eigenvalue weighted by atomic mass is 10.3. The molecule has 4 aromatic heterocycles. The lowest BCUT2D eigenvalue weighted by Gasteiger charge is -2.05. The Morgan fingerprint density at radius 2 is 2.19 bits per heavy atom. The fourth-order valence-corrected chi connectivity index (χ4v) is 3.35. The normalized spacial score (nSPS) is 11.6. The van der Waals surface area contributed by atoms with Gasteiger partial charge in [-0.05, 0) is 29.4 Å². The van der Waals surface area contributed by atoms with Crippen LogP contribution in [0.3, 0.4) is 0 Å². The molecule has 31 heavy (non-hydrogen) atoms. The topological polar surface area (TPSA) is 181 Å². The van der Waals surface area contributed by atoms with E-state index in [1.807, 2.05) is 6.07 Å². The molecule has 4 aromatic rings. The van der Waals surface area contributed by atoms with Gasteiger partial charge in [-0.15, -0.1) is 15.3 Å². The van der Waals surface area contributed by atoms with Gasteiger partial charge in [0.1, 0.15) is 6.33 Å². The molecule has 0 fully saturated rings. The van der Waals surface area contributed by atoms with Crippen LogP contribution in [0.4, 0.5) is 5.82 Å². The van der Waals surface area contributed by atoms with E-state index in [9.17, 15) is 4.79 Å². The van der Waals surface area contributed by atoms with Gasteiger partial charge < -0.3 is 10.3 Å². The van der Waals surface area contributed by atoms with Gasteiger partial charge in [0.15, 0.2) is 10.9 Å². The zero-order chi connectivity index (χ0) is 21.8. The molecule has 1 amide bonds. The number of aryl methyl sites for hydroxylation is 1. The van der Waals surface area contributed by atoms with E-state index in [1.165, 1.54) is 16.4 Å². The smallest absolute Gasteiger partial charge is 0.293 e. The van der Waals surface area contributed by atoms with Gasteiger partial charge in [-0.2, -0.15) is 9.78 Å².